The van der Waals surface area contributed by atoms with Crippen LogP contribution in [-0.4, -0.2) is 4.98 Å². The van der Waals surface area contributed by atoms with Gasteiger partial charge in [-0.25, -0.2) is 0 Å². The first kappa shape index (κ1) is 5.57. The summed E-state index contributed by atoms with van der Waals surface area (Å²) in [6.07, 6.45) is 3.34. The molecule has 0 aliphatic carbocycles. The van der Waals surface area contributed by atoms with E-state index in [2.05, 4.69) is 10.9 Å². The fourth-order valence-electron chi connectivity index (χ4n) is 0.419. The lowest BCUT2D eigenvalue weighted by molar-refractivity contribution is 1.30. The lowest BCUT2D eigenvalue weighted by Crippen LogP contribution is -1.73. The smallest absolute Gasteiger partial charge is 0.122 e. The van der Waals surface area contributed by atoms with Gasteiger partial charge in [0, 0.05) is 12.4 Å². The van der Waals surface area contributed by atoms with Crippen LogP contribution in [0.1, 0.15) is 5.56 Å². The highest BCUT2D eigenvalue weighted by molar-refractivity contribution is 6.25. The van der Waals surface area contributed by atoms with Gasteiger partial charge in [0.2, 0.25) is 0 Å². The second-order valence-corrected chi connectivity index (χ2v) is 1.53. The van der Waals surface area contributed by atoms with Crippen molar-refractivity contribution < 1.29 is 0 Å². The molecule has 2 radical (unpaired) electrons. The van der Waals surface area contributed by atoms with E-state index < -0.39 is 0 Å². The van der Waals surface area contributed by atoms with Crippen molar-refractivity contribution in [2.45, 2.75) is 0 Å². The van der Waals surface area contributed by atoms with Crippen LogP contribution in [0.4, 0.5) is 0 Å². The van der Waals surface area contributed by atoms with Crippen molar-refractivity contribution in [2.75, 3.05) is 0 Å². The Labute approximate surface area is 53.3 Å². The summed E-state index contributed by atoms with van der Waals surface area (Å²) >= 11 is 5.24. The number of halogens is 1. The first-order valence-electron chi connectivity index (χ1n) is 2.20. The van der Waals surface area contributed by atoms with Gasteiger partial charge in [-0.1, -0.05) is 6.07 Å². The van der Waals surface area contributed by atoms with Crippen LogP contribution in [-0.2, 0) is 0 Å². The molecule has 1 nitrogen and oxygen atoms in total. The average molecular weight is 126 g/mol. The first-order valence-corrected chi connectivity index (χ1v) is 2.58. The van der Waals surface area contributed by atoms with Gasteiger partial charge in [0.25, 0.3) is 0 Å². The number of hydrogen-bond acceptors (Lipinski definition) is 1. The number of hydrogen-bond donors (Lipinski definition) is 0. The van der Waals surface area contributed by atoms with Gasteiger partial charge < -0.3 is 0 Å². The fraction of sp³-hybridized carbons (Fsp3) is 0. The zero-order valence-electron chi connectivity index (χ0n) is 4.13. The molecule has 0 atom stereocenters. The number of nitrogens with zero attached hydrogens (tertiary/aromatic N) is 1. The Balaban J connectivity index is 2.83. The van der Waals surface area contributed by atoms with Crippen molar-refractivity contribution in [2.24, 2.45) is 0 Å². The van der Waals surface area contributed by atoms with Crippen LogP contribution in [0.3, 0.4) is 0 Å². The first-order chi connectivity index (χ1) is 3.93. The lowest BCUT2D eigenvalue weighted by Gasteiger charge is -1.85. The summed E-state index contributed by atoms with van der Waals surface area (Å²) in [6, 6.07) is 3.64. The summed E-state index contributed by atoms with van der Waals surface area (Å²) < 4.78 is 0. The summed E-state index contributed by atoms with van der Waals surface area (Å²) in [6.45, 7) is 0. The van der Waals surface area contributed by atoms with Crippen LogP contribution in [0.15, 0.2) is 24.5 Å². The lowest BCUT2D eigenvalue weighted by atomic mass is 10.3. The van der Waals surface area contributed by atoms with Crippen LogP contribution in [0.25, 0.3) is 0 Å². The van der Waals surface area contributed by atoms with Gasteiger partial charge >= 0.3 is 0 Å². The zero-order chi connectivity index (χ0) is 5.82. The van der Waals surface area contributed by atoms with Gasteiger partial charge in [-0.05, 0) is 11.6 Å². The molecule has 0 aliphatic rings. The van der Waals surface area contributed by atoms with Gasteiger partial charge in [-0.3, -0.25) is 4.98 Å². The van der Waals surface area contributed by atoms with E-state index in [0.29, 0.717) is 0 Å². The highest BCUT2D eigenvalue weighted by Gasteiger charge is 1.84. The molecular weight excluding hydrogens is 122 g/mol. The molecule has 8 heavy (non-hydrogen) atoms. The standard InChI is InChI=1S/C6H4ClN/c7-4-6-2-1-3-8-5-6/h1-3,5H. The molecule has 1 aromatic heterocycles. The molecule has 0 aromatic carbocycles. The number of aromatic nitrogens is 1. The summed E-state index contributed by atoms with van der Waals surface area (Å²) in [5.41, 5.74) is 0.814. The van der Waals surface area contributed by atoms with E-state index >= 15 is 0 Å². The summed E-state index contributed by atoms with van der Waals surface area (Å²) in [7, 11) is 0. The Morgan fingerprint density at radius 2 is 2.50 bits per heavy atom. The molecule has 0 unspecified atom stereocenters. The monoisotopic (exact) mass is 125 g/mol. The van der Waals surface area contributed by atoms with Gasteiger partial charge in [0.15, 0.2) is 0 Å². The third-order valence-electron chi connectivity index (χ3n) is 0.771. The van der Waals surface area contributed by atoms with Crippen molar-refractivity contribution in [3.63, 3.8) is 0 Å². The molecule has 1 rings (SSSR count). The van der Waals surface area contributed by atoms with Crippen molar-refractivity contribution in [1.29, 1.82) is 0 Å². The van der Waals surface area contributed by atoms with Gasteiger partial charge in [-0.2, -0.15) is 0 Å². The molecule has 1 aromatic rings. The Kier molecular flexibility index (Phi) is 1.86. The molecule has 1 heterocycles. The van der Waals surface area contributed by atoms with Crippen LogP contribution in [0.5, 0.6) is 0 Å². The van der Waals surface area contributed by atoms with E-state index in [-0.39, 0.29) is 0 Å². The Morgan fingerprint density at radius 1 is 1.62 bits per heavy atom. The normalized spacial score (nSPS) is 9.12. The number of rotatable bonds is 1. The minimum Gasteiger partial charge on any atom is -0.264 e. The minimum atomic E-state index is 0.814. The molecular formula is C6H4ClN. The maximum Gasteiger partial charge on any atom is 0.122 e. The molecule has 0 spiro atoms. The molecule has 2 heteroatoms. The molecule has 40 valence electrons. The highest BCUT2D eigenvalue weighted by atomic mass is 35.5. The Bertz CT molecular complexity index is 150. The zero-order valence-corrected chi connectivity index (χ0v) is 4.89. The minimum absolute atomic E-state index is 0.814. The fourth-order valence-corrected chi connectivity index (χ4v) is 0.530. The van der Waals surface area contributed by atoms with Crippen LogP contribution in [0, 0.1) is 5.88 Å². The maximum absolute atomic E-state index is 5.24. The molecule has 0 saturated heterocycles. The average Bonchev–Trinajstić information content (AvgIpc) is 1.90. The second-order valence-electron chi connectivity index (χ2n) is 1.34. The van der Waals surface area contributed by atoms with Crippen LogP contribution < -0.4 is 0 Å². The largest absolute Gasteiger partial charge is 0.264 e. The Hall–Kier alpha value is -0.560. The summed E-state index contributed by atoms with van der Waals surface area (Å²) in [4.78, 5) is 3.81. The van der Waals surface area contributed by atoms with E-state index in [4.69, 9.17) is 11.6 Å². The van der Waals surface area contributed by atoms with E-state index in [1.165, 1.54) is 0 Å². The molecule has 0 aliphatic heterocycles. The molecule has 0 N–H and O–H groups in total. The van der Waals surface area contributed by atoms with Crippen molar-refractivity contribution in [3.8, 4) is 0 Å². The molecule has 0 fully saturated rings. The van der Waals surface area contributed by atoms with Crippen molar-refractivity contribution >= 4 is 11.6 Å². The van der Waals surface area contributed by atoms with Crippen LogP contribution in [0.2, 0.25) is 0 Å². The SMILES string of the molecule is Cl[C]c1cccnc1. The molecule has 0 saturated carbocycles. The van der Waals surface area contributed by atoms with Gasteiger partial charge in [0.1, 0.15) is 5.88 Å². The predicted molar refractivity (Wildman–Crippen MR) is 32.4 cm³/mol. The third kappa shape index (κ3) is 1.20. The van der Waals surface area contributed by atoms with Crippen LogP contribution >= 0.6 is 11.6 Å². The van der Waals surface area contributed by atoms with Crippen molar-refractivity contribution in [1.82, 2.24) is 4.98 Å². The van der Waals surface area contributed by atoms with E-state index in [0.717, 1.165) is 5.56 Å². The van der Waals surface area contributed by atoms with E-state index in [1.54, 1.807) is 12.4 Å². The highest BCUT2D eigenvalue weighted by Crippen LogP contribution is 2.00. The van der Waals surface area contributed by atoms with Gasteiger partial charge in [-0.15, -0.1) is 11.6 Å². The third-order valence-corrected chi connectivity index (χ3v) is 0.989. The quantitative estimate of drug-likeness (QED) is 0.557. The second kappa shape index (κ2) is 2.68. The maximum atomic E-state index is 5.24. The van der Waals surface area contributed by atoms with E-state index in [1.807, 2.05) is 12.1 Å². The molecule has 0 bridgehead atoms. The van der Waals surface area contributed by atoms with Gasteiger partial charge in [0.05, 0.1) is 0 Å². The van der Waals surface area contributed by atoms with Crippen molar-refractivity contribution in [3.05, 3.63) is 36.0 Å². The van der Waals surface area contributed by atoms with E-state index in [9.17, 15) is 0 Å². The molecule has 0 amide bonds. The predicted octanol–water partition coefficient (Wildman–Crippen LogP) is 1.71. The summed E-state index contributed by atoms with van der Waals surface area (Å²) in [5.74, 6) is 2.44. The summed E-state index contributed by atoms with van der Waals surface area (Å²) in [5, 5.41) is 0. The topological polar surface area (TPSA) is 12.9 Å². The Morgan fingerprint density at radius 3 is 2.88 bits per heavy atom. The number of pyridine rings is 1.